The summed E-state index contributed by atoms with van der Waals surface area (Å²) in [4.78, 5) is 4.42. The SMILES string of the molecule is CCC1CCNC(CNC(CC)c2nccs2)C1. The van der Waals surface area contributed by atoms with E-state index in [2.05, 4.69) is 34.8 Å². The van der Waals surface area contributed by atoms with E-state index >= 15 is 0 Å². The second-order valence-corrected chi connectivity index (χ2v) is 6.12. The van der Waals surface area contributed by atoms with Crippen molar-refractivity contribution in [3.63, 3.8) is 0 Å². The highest BCUT2D eigenvalue weighted by Gasteiger charge is 2.21. The fourth-order valence-corrected chi connectivity index (χ4v) is 3.52. The first kappa shape index (κ1) is 14.0. The van der Waals surface area contributed by atoms with Gasteiger partial charge < -0.3 is 10.6 Å². The molecule has 0 saturated carbocycles. The summed E-state index contributed by atoms with van der Waals surface area (Å²) in [6.07, 6.45) is 6.99. The van der Waals surface area contributed by atoms with Gasteiger partial charge in [0.25, 0.3) is 0 Å². The molecule has 3 unspecified atom stereocenters. The minimum atomic E-state index is 0.425. The summed E-state index contributed by atoms with van der Waals surface area (Å²) in [5.74, 6) is 0.915. The second kappa shape index (κ2) is 7.22. The quantitative estimate of drug-likeness (QED) is 0.832. The second-order valence-electron chi connectivity index (χ2n) is 5.19. The highest BCUT2D eigenvalue weighted by Crippen LogP contribution is 2.21. The van der Waals surface area contributed by atoms with Crippen LogP contribution in [0.15, 0.2) is 11.6 Å². The summed E-state index contributed by atoms with van der Waals surface area (Å²) in [7, 11) is 0. The van der Waals surface area contributed by atoms with E-state index in [9.17, 15) is 0 Å². The molecule has 0 aliphatic carbocycles. The van der Waals surface area contributed by atoms with E-state index < -0.39 is 0 Å². The van der Waals surface area contributed by atoms with Crippen LogP contribution in [0, 0.1) is 5.92 Å². The lowest BCUT2D eigenvalue weighted by molar-refractivity contribution is 0.281. The molecule has 0 amide bonds. The molecule has 1 saturated heterocycles. The van der Waals surface area contributed by atoms with Crippen molar-refractivity contribution in [2.75, 3.05) is 13.1 Å². The predicted molar refractivity (Wildman–Crippen MR) is 78.0 cm³/mol. The van der Waals surface area contributed by atoms with Gasteiger partial charge in [-0.1, -0.05) is 20.3 Å². The van der Waals surface area contributed by atoms with Crippen molar-refractivity contribution in [1.29, 1.82) is 0 Å². The Labute approximate surface area is 114 Å². The summed E-state index contributed by atoms with van der Waals surface area (Å²) in [6, 6.07) is 1.06. The van der Waals surface area contributed by atoms with E-state index in [-0.39, 0.29) is 0 Å². The summed E-state index contributed by atoms with van der Waals surface area (Å²) >= 11 is 1.75. The van der Waals surface area contributed by atoms with Gasteiger partial charge in [0.2, 0.25) is 0 Å². The monoisotopic (exact) mass is 267 g/mol. The van der Waals surface area contributed by atoms with Gasteiger partial charge in [0, 0.05) is 24.2 Å². The Morgan fingerprint density at radius 2 is 2.44 bits per heavy atom. The van der Waals surface area contributed by atoms with Crippen molar-refractivity contribution in [3.05, 3.63) is 16.6 Å². The van der Waals surface area contributed by atoms with Gasteiger partial charge in [-0.25, -0.2) is 4.98 Å². The van der Waals surface area contributed by atoms with Crippen LogP contribution in [0.3, 0.4) is 0 Å². The van der Waals surface area contributed by atoms with E-state index in [4.69, 9.17) is 0 Å². The molecule has 3 atom stereocenters. The fraction of sp³-hybridized carbons (Fsp3) is 0.786. The van der Waals surface area contributed by atoms with Crippen LogP contribution in [0.4, 0.5) is 0 Å². The summed E-state index contributed by atoms with van der Waals surface area (Å²) in [5, 5.41) is 10.6. The van der Waals surface area contributed by atoms with Crippen LogP contribution in [0.1, 0.15) is 50.6 Å². The molecule has 1 aromatic rings. The normalized spacial score (nSPS) is 26.1. The fourth-order valence-electron chi connectivity index (χ4n) is 2.72. The molecule has 4 heteroatoms. The van der Waals surface area contributed by atoms with Gasteiger partial charge in [-0.2, -0.15) is 0 Å². The third kappa shape index (κ3) is 3.77. The molecule has 102 valence electrons. The first-order chi connectivity index (χ1) is 8.83. The first-order valence-corrected chi connectivity index (χ1v) is 8.07. The zero-order valence-corrected chi connectivity index (χ0v) is 12.3. The van der Waals surface area contributed by atoms with Gasteiger partial charge in [-0.3, -0.25) is 0 Å². The van der Waals surface area contributed by atoms with Gasteiger partial charge in [0.1, 0.15) is 5.01 Å². The van der Waals surface area contributed by atoms with Crippen LogP contribution in [0.5, 0.6) is 0 Å². The van der Waals surface area contributed by atoms with E-state index in [1.807, 2.05) is 6.20 Å². The Hall–Kier alpha value is -0.450. The van der Waals surface area contributed by atoms with E-state index in [1.165, 1.54) is 30.8 Å². The molecule has 3 nitrogen and oxygen atoms in total. The maximum Gasteiger partial charge on any atom is 0.109 e. The van der Waals surface area contributed by atoms with Gasteiger partial charge in [0.15, 0.2) is 0 Å². The number of thiazole rings is 1. The number of nitrogens with one attached hydrogen (secondary N) is 2. The number of aromatic nitrogens is 1. The summed E-state index contributed by atoms with van der Waals surface area (Å²) in [5.41, 5.74) is 0. The maximum atomic E-state index is 4.42. The average molecular weight is 267 g/mol. The van der Waals surface area contributed by atoms with Gasteiger partial charge in [-0.05, 0) is 31.7 Å². The molecule has 1 aliphatic heterocycles. The van der Waals surface area contributed by atoms with E-state index in [1.54, 1.807) is 11.3 Å². The first-order valence-electron chi connectivity index (χ1n) is 7.19. The van der Waals surface area contributed by atoms with Gasteiger partial charge in [-0.15, -0.1) is 11.3 Å². The minimum absolute atomic E-state index is 0.425. The lowest BCUT2D eigenvalue weighted by atomic mass is 9.90. The molecule has 2 rings (SSSR count). The minimum Gasteiger partial charge on any atom is -0.313 e. The zero-order valence-electron chi connectivity index (χ0n) is 11.5. The molecule has 1 fully saturated rings. The van der Waals surface area contributed by atoms with Gasteiger partial charge in [0.05, 0.1) is 6.04 Å². The number of piperidine rings is 1. The molecule has 2 heterocycles. The van der Waals surface area contributed by atoms with Crippen LogP contribution in [0.25, 0.3) is 0 Å². The van der Waals surface area contributed by atoms with Crippen LogP contribution in [0.2, 0.25) is 0 Å². The molecule has 1 aromatic heterocycles. The Morgan fingerprint density at radius 3 is 3.11 bits per heavy atom. The lowest BCUT2D eigenvalue weighted by Gasteiger charge is -2.31. The number of nitrogens with zero attached hydrogens (tertiary/aromatic N) is 1. The van der Waals surface area contributed by atoms with Crippen molar-refractivity contribution in [2.24, 2.45) is 5.92 Å². The molecule has 2 N–H and O–H groups in total. The third-order valence-electron chi connectivity index (χ3n) is 3.95. The largest absolute Gasteiger partial charge is 0.313 e. The van der Waals surface area contributed by atoms with Crippen LogP contribution < -0.4 is 10.6 Å². The molecule has 0 radical (unpaired) electrons. The summed E-state index contributed by atoms with van der Waals surface area (Å²) < 4.78 is 0. The van der Waals surface area contributed by atoms with Gasteiger partial charge >= 0.3 is 0 Å². The van der Waals surface area contributed by atoms with Crippen LogP contribution >= 0.6 is 11.3 Å². The van der Waals surface area contributed by atoms with Crippen LogP contribution in [-0.4, -0.2) is 24.1 Å². The van der Waals surface area contributed by atoms with Crippen molar-refractivity contribution in [1.82, 2.24) is 15.6 Å². The summed E-state index contributed by atoms with van der Waals surface area (Å²) in [6.45, 7) is 6.78. The number of rotatable bonds is 6. The third-order valence-corrected chi connectivity index (χ3v) is 4.84. The highest BCUT2D eigenvalue weighted by atomic mass is 32.1. The standard InChI is InChI=1S/C14H25N3S/c1-3-11-5-6-15-12(9-11)10-17-13(4-2)14-16-7-8-18-14/h7-8,11-13,15,17H,3-6,9-10H2,1-2H3. The Bertz CT molecular complexity index is 326. The molecule has 0 spiro atoms. The van der Waals surface area contributed by atoms with Crippen LogP contribution in [-0.2, 0) is 0 Å². The van der Waals surface area contributed by atoms with E-state index in [0.29, 0.717) is 12.1 Å². The topological polar surface area (TPSA) is 37.0 Å². The smallest absolute Gasteiger partial charge is 0.109 e. The lowest BCUT2D eigenvalue weighted by Crippen LogP contribution is -2.45. The molecule has 1 aliphatic rings. The Kier molecular flexibility index (Phi) is 5.60. The van der Waals surface area contributed by atoms with E-state index in [0.717, 1.165) is 18.9 Å². The van der Waals surface area contributed by atoms with Crippen molar-refractivity contribution < 1.29 is 0 Å². The molecule has 0 bridgehead atoms. The number of hydrogen-bond donors (Lipinski definition) is 2. The molecular formula is C14H25N3S. The zero-order chi connectivity index (χ0) is 12.8. The molecule has 18 heavy (non-hydrogen) atoms. The Morgan fingerprint density at radius 1 is 1.56 bits per heavy atom. The van der Waals surface area contributed by atoms with Crippen molar-refractivity contribution >= 4 is 11.3 Å². The maximum absolute atomic E-state index is 4.42. The van der Waals surface area contributed by atoms with Crippen molar-refractivity contribution in [2.45, 2.75) is 51.6 Å². The number of hydrogen-bond acceptors (Lipinski definition) is 4. The van der Waals surface area contributed by atoms with Crippen molar-refractivity contribution in [3.8, 4) is 0 Å². The molecule has 0 aromatic carbocycles. The Balaban J connectivity index is 1.79. The predicted octanol–water partition coefficient (Wildman–Crippen LogP) is 2.96. The molecular weight excluding hydrogens is 242 g/mol. The highest BCUT2D eigenvalue weighted by molar-refractivity contribution is 7.09. The average Bonchev–Trinajstić information content (AvgIpc) is 2.94.